The summed E-state index contributed by atoms with van der Waals surface area (Å²) in [4.78, 5) is 13.0. The Balaban J connectivity index is 2.01. The molecule has 2 heterocycles. The van der Waals surface area contributed by atoms with Crippen LogP contribution in [0.5, 0.6) is 0 Å². The topological polar surface area (TPSA) is 34.7 Å². The van der Waals surface area contributed by atoms with Crippen LogP contribution < -0.4 is 4.90 Å². The maximum Gasteiger partial charge on any atom is 0.157 e. The van der Waals surface area contributed by atoms with Gasteiger partial charge in [-0.15, -0.1) is 0 Å². The Kier molecular flexibility index (Phi) is 2.91. The van der Waals surface area contributed by atoms with Crippen LogP contribution >= 0.6 is 0 Å². The third kappa shape index (κ3) is 2.12. The Morgan fingerprint density at radius 2 is 2.33 bits per heavy atom. The van der Waals surface area contributed by atoms with Crippen molar-refractivity contribution < 1.29 is 14.1 Å². The average molecular weight is 208 g/mol. The fourth-order valence-corrected chi connectivity index (χ4v) is 2.26. The Hall–Kier alpha value is -1.09. The van der Waals surface area contributed by atoms with Crippen molar-refractivity contribution in [1.82, 2.24) is 0 Å². The van der Waals surface area contributed by atoms with E-state index in [-0.39, 0.29) is 5.92 Å². The minimum atomic E-state index is 0.184. The quantitative estimate of drug-likeness (QED) is 0.775. The van der Waals surface area contributed by atoms with Crippen LogP contribution in [0.1, 0.15) is 26.0 Å². The number of nitrogens with one attached hydrogen (secondary N) is 1. The number of hydrogen-bond donors (Lipinski definition) is 1. The summed E-state index contributed by atoms with van der Waals surface area (Å²) < 4.78 is 5.34. The minimum Gasteiger partial charge on any atom is -0.463 e. The molecule has 0 aromatic carbocycles. The summed E-state index contributed by atoms with van der Waals surface area (Å²) >= 11 is 0. The maximum atomic E-state index is 11.5. The molecule has 1 saturated heterocycles. The molecule has 0 aliphatic carbocycles. The summed E-state index contributed by atoms with van der Waals surface area (Å²) in [6, 6.07) is 4.31. The van der Waals surface area contributed by atoms with Gasteiger partial charge in [0.05, 0.1) is 31.2 Å². The molecule has 0 radical (unpaired) electrons. The van der Waals surface area contributed by atoms with Crippen molar-refractivity contribution in [2.24, 2.45) is 5.92 Å². The molecule has 3 heteroatoms. The number of carbonyl (C=O) groups is 1. The van der Waals surface area contributed by atoms with E-state index >= 15 is 0 Å². The summed E-state index contributed by atoms with van der Waals surface area (Å²) in [5, 5.41) is 0. The average Bonchev–Trinajstić information content (AvgIpc) is 2.72. The highest BCUT2D eigenvalue weighted by molar-refractivity contribution is 5.81. The van der Waals surface area contributed by atoms with E-state index in [4.69, 9.17) is 4.42 Å². The highest BCUT2D eigenvalue weighted by Gasteiger charge is 2.34. The second kappa shape index (κ2) is 4.19. The van der Waals surface area contributed by atoms with E-state index in [9.17, 15) is 4.79 Å². The van der Waals surface area contributed by atoms with E-state index in [0.29, 0.717) is 18.2 Å². The molecule has 0 amide bonds. The number of hydrogen-bond acceptors (Lipinski definition) is 2. The fourth-order valence-electron chi connectivity index (χ4n) is 2.26. The zero-order valence-corrected chi connectivity index (χ0v) is 9.32. The smallest absolute Gasteiger partial charge is 0.157 e. The van der Waals surface area contributed by atoms with Crippen LogP contribution in [0.3, 0.4) is 0 Å². The number of quaternary nitrogens is 1. The lowest BCUT2D eigenvalue weighted by Crippen LogP contribution is -3.16. The van der Waals surface area contributed by atoms with E-state index in [1.165, 1.54) is 4.90 Å². The zero-order valence-electron chi connectivity index (χ0n) is 9.32. The van der Waals surface area contributed by atoms with Gasteiger partial charge in [0.1, 0.15) is 12.3 Å². The fraction of sp³-hybridized carbons (Fsp3) is 0.583. The summed E-state index contributed by atoms with van der Waals surface area (Å²) in [6.07, 6.45) is 2.42. The van der Waals surface area contributed by atoms with E-state index in [2.05, 4.69) is 6.92 Å². The van der Waals surface area contributed by atoms with E-state index < -0.39 is 0 Å². The van der Waals surface area contributed by atoms with Crippen LogP contribution in [0.2, 0.25) is 0 Å². The first kappa shape index (κ1) is 10.4. The number of ketones is 1. The van der Waals surface area contributed by atoms with Crippen molar-refractivity contribution in [2.75, 3.05) is 6.54 Å². The molecule has 1 unspecified atom stereocenters. The molecular weight excluding hydrogens is 190 g/mol. The van der Waals surface area contributed by atoms with Crippen molar-refractivity contribution in [3.63, 3.8) is 0 Å². The monoisotopic (exact) mass is 208 g/mol. The first-order valence-electron chi connectivity index (χ1n) is 5.58. The standard InChI is InChI=1S/C12H17NO2/c1-9-10(2)13(6-5-12(9)14)8-11-4-3-7-15-11/h3-4,7,9-10H,5-6,8H2,1-2H3/p+1/t9-,10+/m1/s1. The molecule has 3 nitrogen and oxygen atoms in total. The molecule has 1 aromatic rings. The van der Waals surface area contributed by atoms with Gasteiger partial charge in [0, 0.05) is 0 Å². The molecule has 2 rings (SSSR count). The van der Waals surface area contributed by atoms with Crippen LogP contribution in [0.4, 0.5) is 0 Å². The molecule has 82 valence electrons. The normalized spacial score (nSPS) is 31.9. The predicted molar refractivity (Wildman–Crippen MR) is 56.5 cm³/mol. The van der Waals surface area contributed by atoms with Gasteiger partial charge in [0.15, 0.2) is 5.76 Å². The Morgan fingerprint density at radius 3 is 3.00 bits per heavy atom. The third-order valence-electron chi connectivity index (χ3n) is 3.58. The summed E-state index contributed by atoms with van der Waals surface area (Å²) in [5.41, 5.74) is 0. The number of furan rings is 1. The Morgan fingerprint density at radius 1 is 1.53 bits per heavy atom. The summed E-state index contributed by atoms with van der Waals surface area (Å²) in [7, 11) is 0. The number of piperidine rings is 1. The summed E-state index contributed by atoms with van der Waals surface area (Å²) in [5.74, 6) is 1.60. The SMILES string of the molecule is C[C@H]1C(=O)CC[NH+](Cc2ccco2)[C@H]1C. The first-order chi connectivity index (χ1) is 7.18. The van der Waals surface area contributed by atoms with Crippen molar-refractivity contribution in [3.05, 3.63) is 24.2 Å². The van der Waals surface area contributed by atoms with Gasteiger partial charge in [-0.2, -0.15) is 0 Å². The van der Waals surface area contributed by atoms with Crippen LogP contribution in [0.15, 0.2) is 22.8 Å². The van der Waals surface area contributed by atoms with Gasteiger partial charge in [-0.1, -0.05) is 0 Å². The van der Waals surface area contributed by atoms with Crippen LogP contribution in [0.25, 0.3) is 0 Å². The van der Waals surface area contributed by atoms with Gasteiger partial charge in [-0.05, 0) is 26.0 Å². The highest BCUT2D eigenvalue weighted by atomic mass is 16.3. The molecule has 15 heavy (non-hydrogen) atoms. The maximum absolute atomic E-state index is 11.5. The van der Waals surface area contributed by atoms with Gasteiger partial charge in [0.25, 0.3) is 0 Å². The molecule has 1 fully saturated rings. The second-order valence-corrected chi connectivity index (χ2v) is 4.46. The lowest BCUT2D eigenvalue weighted by Gasteiger charge is -2.33. The predicted octanol–water partition coefficient (Wildman–Crippen LogP) is 0.662. The molecule has 0 bridgehead atoms. The molecule has 1 aliphatic heterocycles. The van der Waals surface area contributed by atoms with Gasteiger partial charge in [-0.25, -0.2) is 0 Å². The van der Waals surface area contributed by atoms with E-state index in [1.807, 2.05) is 19.1 Å². The van der Waals surface area contributed by atoms with Crippen LogP contribution in [-0.2, 0) is 11.3 Å². The molecular formula is C12H18NO2+. The Labute approximate surface area is 90.1 Å². The van der Waals surface area contributed by atoms with Gasteiger partial charge in [-0.3, -0.25) is 4.79 Å². The van der Waals surface area contributed by atoms with Gasteiger partial charge < -0.3 is 9.32 Å². The molecule has 1 aliphatic rings. The largest absolute Gasteiger partial charge is 0.463 e. The van der Waals surface area contributed by atoms with Crippen molar-refractivity contribution >= 4 is 5.78 Å². The van der Waals surface area contributed by atoms with E-state index in [0.717, 1.165) is 18.8 Å². The van der Waals surface area contributed by atoms with E-state index in [1.54, 1.807) is 6.26 Å². The minimum absolute atomic E-state index is 0.184. The van der Waals surface area contributed by atoms with Crippen LogP contribution in [-0.4, -0.2) is 18.4 Å². The van der Waals surface area contributed by atoms with Crippen LogP contribution in [0, 0.1) is 5.92 Å². The van der Waals surface area contributed by atoms with Crippen molar-refractivity contribution in [1.29, 1.82) is 0 Å². The third-order valence-corrected chi connectivity index (χ3v) is 3.58. The lowest BCUT2D eigenvalue weighted by atomic mass is 9.91. The summed E-state index contributed by atoms with van der Waals surface area (Å²) in [6.45, 7) is 6.02. The number of Topliss-reactive ketones (excluding diaryl/α,β-unsaturated/α-hetero) is 1. The van der Waals surface area contributed by atoms with Crippen molar-refractivity contribution in [2.45, 2.75) is 32.9 Å². The van der Waals surface area contributed by atoms with Crippen molar-refractivity contribution in [3.8, 4) is 0 Å². The first-order valence-corrected chi connectivity index (χ1v) is 5.58. The number of rotatable bonds is 2. The molecule has 0 spiro atoms. The molecule has 3 atom stereocenters. The molecule has 0 saturated carbocycles. The highest BCUT2D eigenvalue weighted by Crippen LogP contribution is 2.09. The zero-order chi connectivity index (χ0) is 10.8. The number of carbonyl (C=O) groups excluding carboxylic acids is 1. The van der Waals surface area contributed by atoms with Gasteiger partial charge in [0.2, 0.25) is 0 Å². The molecule has 1 N–H and O–H groups in total. The lowest BCUT2D eigenvalue weighted by molar-refractivity contribution is -0.942. The number of likely N-dealkylation sites (tertiary alicyclic amines) is 1. The second-order valence-electron chi connectivity index (χ2n) is 4.46. The Bertz CT molecular complexity index is 331. The molecule has 1 aromatic heterocycles. The van der Waals surface area contributed by atoms with Gasteiger partial charge >= 0.3 is 0 Å².